The molecule has 0 rings (SSSR count). The van der Waals surface area contributed by atoms with E-state index < -0.39 is 24.3 Å². The van der Waals surface area contributed by atoms with Crippen molar-refractivity contribution in [3.63, 3.8) is 0 Å². The van der Waals surface area contributed by atoms with Gasteiger partial charge in [0.25, 0.3) is 0 Å². The van der Waals surface area contributed by atoms with Crippen LogP contribution in [0.5, 0.6) is 0 Å². The number of carbonyl (C=O) groups excluding carboxylic acids is 3. The van der Waals surface area contributed by atoms with E-state index in [1.807, 2.05) is 21.1 Å². The maximum Gasteiger partial charge on any atom is 0.306 e. The number of ether oxygens (including phenoxy) is 4. The molecule has 0 spiro atoms. The smallest absolute Gasteiger partial charge is 0.306 e. The van der Waals surface area contributed by atoms with Gasteiger partial charge in [0.1, 0.15) is 13.2 Å². The molecule has 0 saturated heterocycles. The summed E-state index contributed by atoms with van der Waals surface area (Å²) in [5, 5.41) is 11.7. The Hall–Kier alpha value is -1.97. The number of hydrogen-bond donors (Lipinski definition) is 0. The van der Waals surface area contributed by atoms with Gasteiger partial charge in [-0.25, -0.2) is 0 Å². The fraction of sp³-hybridized carbons (Fsp3) is 0.915. The normalized spacial score (nSPS) is 12.8. The Kier molecular flexibility index (Phi) is 49.9. The SMILES string of the molecule is CCCCCCCCCC/C=C\CCCCCCCCCCCCCCCCCCCCCC(=O)OC(COC(=O)CCCCCCCCCCCCCC)COC(OCC[N+](C)(C)C)C(=O)[O-]. The van der Waals surface area contributed by atoms with E-state index in [1.165, 1.54) is 225 Å². The molecule has 2 atom stereocenters. The van der Waals surface area contributed by atoms with E-state index in [9.17, 15) is 19.5 Å². The molecule has 0 bridgehead atoms. The maximum atomic E-state index is 12.8. The molecule has 2 unspecified atom stereocenters. The minimum Gasteiger partial charge on any atom is -0.545 e. The molecule has 402 valence electrons. The lowest BCUT2D eigenvalue weighted by Crippen LogP contribution is -2.44. The van der Waals surface area contributed by atoms with Crippen LogP contribution in [0, 0.1) is 0 Å². The highest BCUT2D eigenvalue weighted by Crippen LogP contribution is 2.17. The number of carbonyl (C=O) groups is 3. The number of allylic oxidation sites excluding steroid dienone is 2. The number of quaternary nitrogens is 1. The topological polar surface area (TPSA) is 111 Å². The van der Waals surface area contributed by atoms with Crippen LogP contribution in [0.2, 0.25) is 0 Å². The molecule has 0 saturated carbocycles. The fourth-order valence-electron chi connectivity index (χ4n) is 8.71. The molecule has 0 N–H and O–H groups in total. The molecule has 0 aliphatic heterocycles. The molecule has 0 heterocycles. The molecule has 9 nitrogen and oxygen atoms in total. The van der Waals surface area contributed by atoms with Gasteiger partial charge in [-0.3, -0.25) is 9.59 Å². The summed E-state index contributed by atoms with van der Waals surface area (Å²) in [6, 6.07) is 0. The Bertz CT molecular complexity index is 1120. The number of unbranched alkanes of at least 4 members (excludes halogenated alkanes) is 38. The van der Waals surface area contributed by atoms with Gasteiger partial charge in [-0.05, 0) is 38.5 Å². The third-order valence-electron chi connectivity index (χ3n) is 13.3. The summed E-state index contributed by atoms with van der Waals surface area (Å²) in [4.78, 5) is 37.2. The van der Waals surface area contributed by atoms with E-state index >= 15 is 0 Å². The van der Waals surface area contributed by atoms with E-state index in [-0.39, 0.29) is 32.2 Å². The molecule has 0 radical (unpaired) electrons. The lowest BCUT2D eigenvalue weighted by Gasteiger charge is -2.26. The minimum atomic E-state index is -1.61. The summed E-state index contributed by atoms with van der Waals surface area (Å²) in [5.41, 5.74) is 0. The Morgan fingerprint density at radius 1 is 0.426 bits per heavy atom. The van der Waals surface area contributed by atoms with Gasteiger partial charge in [0.05, 0.1) is 40.3 Å². The number of carboxylic acid groups (broad SMARTS) is 1. The monoisotopic (exact) mass is 964 g/mol. The summed E-state index contributed by atoms with van der Waals surface area (Å²) < 4.78 is 22.7. The number of rotatable bonds is 55. The molecule has 0 aromatic rings. The van der Waals surface area contributed by atoms with Crippen molar-refractivity contribution in [2.45, 2.75) is 302 Å². The summed E-state index contributed by atoms with van der Waals surface area (Å²) in [6.45, 7) is 4.79. The van der Waals surface area contributed by atoms with Crippen LogP contribution in [-0.4, -0.2) is 82.3 Å². The second kappa shape index (κ2) is 51.4. The Balaban J connectivity index is 4.04. The van der Waals surface area contributed by atoms with Gasteiger partial charge < -0.3 is 33.3 Å². The van der Waals surface area contributed by atoms with Crippen molar-refractivity contribution < 1.29 is 42.9 Å². The first-order chi connectivity index (χ1) is 33.1. The van der Waals surface area contributed by atoms with E-state index in [4.69, 9.17) is 18.9 Å². The van der Waals surface area contributed by atoms with Crippen LogP contribution in [0.15, 0.2) is 12.2 Å². The van der Waals surface area contributed by atoms with Crippen molar-refractivity contribution in [3.8, 4) is 0 Å². The minimum absolute atomic E-state index is 0.152. The van der Waals surface area contributed by atoms with E-state index in [0.29, 0.717) is 17.4 Å². The number of carboxylic acids is 1. The summed E-state index contributed by atoms with van der Waals surface area (Å²) in [7, 11) is 5.93. The fourth-order valence-corrected chi connectivity index (χ4v) is 8.71. The predicted octanol–water partition coefficient (Wildman–Crippen LogP) is 15.6. The number of hydrogen-bond acceptors (Lipinski definition) is 8. The van der Waals surface area contributed by atoms with Gasteiger partial charge in [0.2, 0.25) is 0 Å². The quantitative estimate of drug-likeness (QED) is 0.0195. The van der Waals surface area contributed by atoms with Gasteiger partial charge in [-0.2, -0.15) is 0 Å². The Morgan fingerprint density at radius 3 is 1.09 bits per heavy atom. The predicted molar refractivity (Wildman–Crippen MR) is 283 cm³/mol. The van der Waals surface area contributed by atoms with E-state index in [2.05, 4.69) is 26.0 Å². The highest BCUT2D eigenvalue weighted by molar-refractivity contribution is 5.70. The van der Waals surface area contributed by atoms with Crippen LogP contribution in [0.3, 0.4) is 0 Å². The maximum absolute atomic E-state index is 12.8. The molecule has 0 aromatic carbocycles. The standard InChI is InChI=1S/C59H113NO8/c1-6-8-10-12-14-16-18-20-21-22-23-24-25-26-27-28-29-30-31-32-33-34-35-36-37-38-40-42-44-46-48-50-57(62)68-55(54-67-59(58(63)64)65-52-51-60(3,4)5)53-66-56(61)49-47-45-43-41-39-19-17-15-13-11-9-7-2/h22-23,55,59H,6-21,24-54H2,1-5H3/b23-22-. The van der Waals surface area contributed by atoms with Gasteiger partial charge in [0, 0.05) is 12.8 Å². The molecule has 0 fully saturated rings. The van der Waals surface area contributed by atoms with Crippen molar-refractivity contribution in [3.05, 3.63) is 12.2 Å². The van der Waals surface area contributed by atoms with Crippen molar-refractivity contribution in [1.82, 2.24) is 0 Å². The zero-order chi connectivity index (χ0) is 49.9. The van der Waals surface area contributed by atoms with Gasteiger partial charge in [-0.1, -0.05) is 251 Å². The second-order valence-corrected chi connectivity index (χ2v) is 21.3. The molecular weight excluding hydrogens is 851 g/mol. The molecule has 0 aromatic heterocycles. The van der Waals surface area contributed by atoms with Crippen molar-refractivity contribution in [2.75, 3.05) is 47.5 Å². The third-order valence-corrected chi connectivity index (χ3v) is 13.3. The summed E-state index contributed by atoms with van der Waals surface area (Å²) in [6.07, 6.45) is 55.6. The van der Waals surface area contributed by atoms with E-state index in [1.54, 1.807) is 0 Å². The number of esters is 2. The lowest BCUT2D eigenvalue weighted by molar-refractivity contribution is -0.870. The number of aliphatic carboxylic acids is 1. The number of likely N-dealkylation sites (N-methyl/N-ethyl adjacent to an activating group) is 1. The zero-order valence-corrected chi connectivity index (χ0v) is 45.8. The molecule has 0 aliphatic carbocycles. The average molecular weight is 965 g/mol. The Labute approximate surface area is 421 Å². The third kappa shape index (κ3) is 51.9. The van der Waals surface area contributed by atoms with Crippen molar-refractivity contribution in [1.29, 1.82) is 0 Å². The summed E-state index contributed by atoms with van der Waals surface area (Å²) in [5.74, 6) is -2.26. The van der Waals surface area contributed by atoms with Crippen LogP contribution in [0.4, 0.5) is 0 Å². The van der Waals surface area contributed by atoms with E-state index in [0.717, 1.165) is 38.5 Å². The van der Waals surface area contributed by atoms with Crippen LogP contribution in [0.1, 0.15) is 290 Å². The first kappa shape index (κ1) is 66.0. The van der Waals surface area contributed by atoms with Crippen LogP contribution in [0.25, 0.3) is 0 Å². The first-order valence-electron chi connectivity index (χ1n) is 29.3. The van der Waals surface area contributed by atoms with Crippen molar-refractivity contribution in [2.24, 2.45) is 0 Å². The number of nitrogens with zero attached hydrogens (tertiary/aromatic N) is 1. The second-order valence-electron chi connectivity index (χ2n) is 21.3. The van der Waals surface area contributed by atoms with Crippen molar-refractivity contribution >= 4 is 17.9 Å². The molecular formula is C59H113NO8. The first-order valence-corrected chi connectivity index (χ1v) is 29.3. The highest BCUT2D eigenvalue weighted by Gasteiger charge is 2.22. The lowest BCUT2D eigenvalue weighted by atomic mass is 10.0. The van der Waals surface area contributed by atoms with Crippen LogP contribution >= 0.6 is 0 Å². The summed E-state index contributed by atoms with van der Waals surface area (Å²) >= 11 is 0. The molecule has 68 heavy (non-hydrogen) atoms. The van der Waals surface area contributed by atoms with Gasteiger partial charge in [-0.15, -0.1) is 0 Å². The average Bonchev–Trinajstić information content (AvgIpc) is 3.30. The van der Waals surface area contributed by atoms with Gasteiger partial charge in [0.15, 0.2) is 12.4 Å². The Morgan fingerprint density at radius 2 is 0.750 bits per heavy atom. The highest BCUT2D eigenvalue weighted by atomic mass is 16.7. The van der Waals surface area contributed by atoms with Gasteiger partial charge >= 0.3 is 11.9 Å². The van der Waals surface area contributed by atoms with Crippen LogP contribution in [-0.2, 0) is 33.3 Å². The zero-order valence-electron chi connectivity index (χ0n) is 45.8. The largest absolute Gasteiger partial charge is 0.545 e. The molecule has 9 heteroatoms. The molecule has 0 aliphatic rings. The molecule has 0 amide bonds. The van der Waals surface area contributed by atoms with Crippen LogP contribution < -0.4 is 5.11 Å².